The molecule has 1 aliphatic heterocycles. The second-order valence-electron chi connectivity index (χ2n) is 15.8. The average Bonchev–Trinajstić information content (AvgIpc) is 3.32. The fraction of sp³-hybridized carbons (Fsp3) is 0.0526. The maximum Gasteiger partial charge on any atom is 0.0946 e. The lowest BCUT2D eigenvalue weighted by atomic mass is 9.73. The zero-order chi connectivity index (χ0) is 41.2. The molecule has 0 saturated heterocycles. The van der Waals surface area contributed by atoms with Gasteiger partial charge in [-0.25, -0.2) is 0 Å². The van der Waals surface area contributed by atoms with E-state index in [-0.39, 0.29) is 5.41 Å². The number of hydrogen-bond donors (Lipinski definition) is 0. The lowest BCUT2D eigenvalue weighted by Gasteiger charge is -2.45. The molecule has 0 radical (unpaired) electrons. The third-order valence-electron chi connectivity index (χ3n) is 11.8. The van der Waals surface area contributed by atoms with E-state index >= 15 is 0 Å². The van der Waals surface area contributed by atoms with E-state index in [1.54, 1.807) is 0 Å². The highest BCUT2D eigenvalue weighted by Crippen LogP contribution is 2.59. The SMILES string of the molecule is CC1(C)c2ccccc2N(c2c(N(c3ccccc3)c3ccccc3)cccc2N(c2ccccc2)c2ccccc2)c2ccc(N(c3ccccc3)c3ccccc3)cc21. The smallest absolute Gasteiger partial charge is 0.0946 e. The fourth-order valence-corrected chi connectivity index (χ4v) is 8.95. The second kappa shape index (κ2) is 16.1. The van der Waals surface area contributed by atoms with Crippen molar-refractivity contribution in [1.82, 2.24) is 0 Å². The number of rotatable bonds is 10. The molecule has 1 aliphatic rings. The lowest BCUT2D eigenvalue weighted by molar-refractivity contribution is 0.632. The Morgan fingerprint density at radius 3 is 1.05 bits per heavy atom. The maximum atomic E-state index is 2.53. The van der Waals surface area contributed by atoms with Gasteiger partial charge in [-0.1, -0.05) is 147 Å². The summed E-state index contributed by atoms with van der Waals surface area (Å²) in [5.74, 6) is 0. The molecule has 9 aromatic carbocycles. The third-order valence-corrected chi connectivity index (χ3v) is 11.8. The van der Waals surface area contributed by atoms with Crippen LogP contribution >= 0.6 is 0 Å². The average molecular weight is 787 g/mol. The number of hydrogen-bond acceptors (Lipinski definition) is 4. The van der Waals surface area contributed by atoms with Gasteiger partial charge in [0.25, 0.3) is 0 Å². The van der Waals surface area contributed by atoms with Gasteiger partial charge in [-0.2, -0.15) is 0 Å². The van der Waals surface area contributed by atoms with E-state index in [1.165, 1.54) is 11.1 Å². The summed E-state index contributed by atoms with van der Waals surface area (Å²) in [7, 11) is 0. The van der Waals surface area contributed by atoms with Crippen LogP contribution in [0.5, 0.6) is 0 Å². The van der Waals surface area contributed by atoms with Crippen molar-refractivity contribution in [3.05, 3.63) is 254 Å². The van der Waals surface area contributed by atoms with Gasteiger partial charge in [0.1, 0.15) is 0 Å². The van der Waals surface area contributed by atoms with Gasteiger partial charge in [-0.05, 0) is 120 Å². The van der Waals surface area contributed by atoms with Crippen LogP contribution in [0.3, 0.4) is 0 Å². The molecule has 0 atom stereocenters. The van der Waals surface area contributed by atoms with Crippen LogP contribution in [-0.2, 0) is 5.41 Å². The first-order valence-electron chi connectivity index (χ1n) is 21.0. The van der Waals surface area contributed by atoms with Crippen LogP contribution in [0.4, 0.5) is 68.2 Å². The minimum atomic E-state index is -0.344. The van der Waals surface area contributed by atoms with Gasteiger partial charge in [-0.15, -0.1) is 0 Å². The first-order chi connectivity index (χ1) is 30.1. The third kappa shape index (κ3) is 6.88. The topological polar surface area (TPSA) is 13.0 Å². The van der Waals surface area contributed by atoms with E-state index in [1.807, 2.05) is 0 Å². The number of fused-ring (bicyclic) bond motifs is 2. The Bertz CT molecular complexity index is 2660. The molecular formula is C57H46N4. The summed E-state index contributed by atoms with van der Waals surface area (Å²) >= 11 is 0. The fourth-order valence-electron chi connectivity index (χ4n) is 8.95. The Labute approximate surface area is 359 Å². The number of para-hydroxylation sites is 8. The first-order valence-corrected chi connectivity index (χ1v) is 21.0. The molecule has 0 aliphatic carbocycles. The van der Waals surface area contributed by atoms with Crippen LogP contribution in [0.2, 0.25) is 0 Å². The van der Waals surface area contributed by atoms with Crippen molar-refractivity contribution in [3.8, 4) is 0 Å². The Hall–Kier alpha value is -7.82. The molecule has 0 N–H and O–H groups in total. The standard InChI is InChI=1S/C57H46N4/c1-57(2)50-36-21-22-37-52(50)61(53-41-40-49(42-51(53)57)58(43-24-9-3-10-25-43)44-26-11-4-12-27-44)56-54(59(45-28-13-5-14-29-45)46-30-15-6-16-31-46)38-23-39-55(56)60(47-32-17-7-18-33-47)48-34-19-8-20-35-48/h3-42H,1-2H3. The van der Waals surface area contributed by atoms with E-state index in [0.717, 1.165) is 68.2 Å². The molecule has 0 aromatic heterocycles. The molecule has 0 saturated carbocycles. The van der Waals surface area contributed by atoms with Crippen molar-refractivity contribution in [1.29, 1.82) is 0 Å². The van der Waals surface area contributed by atoms with E-state index in [0.29, 0.717) is 0 Å². The minimum Gasteiger partial charge on any atom is -0.310 e. The monoisotopic (exact) mass is 786 g/mol. The molecule has 4 nitrogen and oxygen atoms in total. The predicted molar refractivity (Wildman–Crippen MR) is 257 cm³/mol. The number of benzene rings is 9. The van der Waals surface area contributed by atoms with Crippen LogP contribution in [0.1, 0.15) is 25.0 Å². The lowest BCUT2D eigenvalue weighted by Crippen LogP contribution is -2.32. The van der Waals surface area contributed by atoms with Gasteiger partial charge in [0.15, 0.2) is 0 Å². The summed E-state index contributed by atoms with van der Waals surface area (Å²) < 4.78 is 0. The molecule has 294 valence electrons. The molecular weight excluding hydrogens is 741 g/mol. The van der Waals surface area contributed by atoms with E-state index in [4.69, 9.17) is 0 Å². The number of anilines is 12. The van der Waals surface area contributed by atoms with Crippen molar-refractivity contribution in [2.24, 2.45) is 0 Å². The van der Waals surface area contributed by atoms with Crippen molar-refractivity contribution >= 4 is 68.2 Å². The van der Waals surface area contributed by atoms with Gasteiger partial charge in [0, 0.05) is 45.2 Å². The van der Waals surface area contributed by atoms with E-state index in [9.17, 15) is 0 Å². The summed E-state index contributed by atoms with van der Waals surface area (Å²) in [6.45, 7) is 4.74. The Kier molecular flexibility index (Phi) is 9.88. The normalized spacial score (nSPS) is 12.5. The number of nitrogens with zero attached hydrogens (tertiary/aromatic N) is 4. The molecule has 0 fully saturated rings. The van der Waals surface area contributed by atoms with Crippen molar-refractivity contribution in [2.45, 2.75) is 19.3 Å². The maximum absolute atomic E-state index is 2.53. The highest BCUT2D eigenvalue weighted by molar-refractivity contribution is 6.03. The Morgan fingerprint density at radius 2 is 0.639 bits per heavy atom. The highest BCUT2D eigenvalue weighted by atomic mass is 15.3. The van der Waals surface area contributed by atoms with Gasteiger partial charge >= 0.3 is 0 Å². The minimum absolute atomic E-state index is 0.344. The molecule has 10 rings (SSSR count). The summed E-state index contributed by atoms with van der Waals surface area (Å²) in [5.41, 5.74) is 15.2. The first kappa shape index (κ1) is 37.5. The van der Waals surface area contributed by atoms with Gasteiger partial charge in [-0.3, -0.25) is 0 Å². The Morgan fingerprint density at radius 1 is 0.295 bits per heavy atom. The molecule has 0 spiro atoms. The van der Waals surface area contributed by atoms with Crippen LogP contribution < -0.4 is 19.6 Å². The quantitative estimate of drug-likeness (QED) is 0.137. The van der Waals surface area contributed by atoms with Crippen molar-refractivity contribution in [2.75, 3.05) is 19.6 Å². The summed E-state index contributed by atoms with van der Waals surface area (Å²) in [4.78, 5) is 9.68. The van der Waals surface area contributed by atoms with Crippen molar-refractivity contribution in [3.63, 3.8) is 0 Å². The molecule has 9 aromatic rings. The van der Waals surface area contributed by atoms with Crippen molar-refractivity contribution < 1.29 is 0 Å². The van der Waals surface area contributed by atoms with Crippen LogP contribution in [0.15, 0.2) is 243 Å². The van der Waals surface area contributed by atoms with Gasteiger partial charge in [0.05, 0.1) is 28.4 Å². The van der Waals surface area contributed by atoms with Crippen LogP contribution in [-0.4, -0.2) is 0 Å². The molecule has 61 heavy (non-hydrogen) atoms. The predicted octanol–water partition coefficient (Wildman–Crippen LogP) is 16.2. The molecule has 0 amide bonds. The van der Waals surface area contributed by atoms with E-state index in [2.05, 4.69) is 276 Å². The van der Waals surface area contributed by atoms with E-state index < -0.39 is 0 Å². The summed E-state index contributed by atoms with van der Waals surface area (Å²) in [6, 6.07) is 87.0. The second-order valence-corrected chi connectivity index (χ2v) is 15.8. The van der Waals surface area contributed by atoms with Crippen LogP contribution in [0.25, 0.3) is 0 Å². The van der Waals surface area contributed by atoms with Crippen LogP contribution in [0, 0.1) is 0 Å². The molecule has 0 bridgehead atoms. The largest absolute Gasteiger partial charge is 0.310 e. The van der Waals surface area contributed by atoms with Gasteiger partial charge < -0.3 is 19.6 Å². The van der Waals surface area contributed by atoms with Gasteiger partial charge in [0.2, 0.25) is 0 Å². The zero-order valence-corrected chi connectivity index (χ0v) is 34.4. The molecule has 0 unspecified atom stereocenters. The summed E-state index contributed by atoms with van der Waals surface area (Å²) in [5, 5.41) is 0. The summed E-state index contributed by atoms with van der Waals surface area (Å²) in [6.07, 6.45) is 0. The molecule has 1 heterocycles. The molecule has 4 heteroatoms. The zero-order valence-electron chi connectivity index (χ0n) is 34.4. The highest BCUT2D eigenvalue weighted by Gasteiger charge is 2.40. The Balaban J connectivity index is 1.30.